The lowest BCUT2D eigenvalue weighted by molar-refractivity contribution is -0.137. The normalized spacial score (nSPS) is 29.8. The molecule has 0 aromatic heterocycles. The summed E-state index contributed by atoms with van der Waals surface area (Å²) in [6.07, 6.45) is -4.28. The third-order valence-corrected chi connectivity index (χ3v) is 4.64. The van der Waals surface area contributed by atoms with Crippen LogP contribution in [-0.2, 0) is 6.18 Å². The first kappa shape index (κ1) is 16.7. The van der Waals surface area contributed by atoms with Crippen LogP contribution in [0.2, 0.25) is 0 Å². The molecule has 2 heterocycles. The Morgan fingerprint density at radius 3 is 2.61 bits per heavy atom. The van der Waals surface area contributed by atoms with Crippen molar-refractivity contribution >= 4 is 0 Å². The van der Waals surface area contributed by atoms with Crippen LogP contribution in [-0.4, -0.2) is 43.7 Å². The zero-order valence-corrected chi connectivity index (χ0v) is 13.2. The van der Waals surface area contributed by atoms with E-state index in [1.807, 2.05) is 0 Å². The highest BCUT2D eigenvalue weighted by molar-refractivity contribution is 5.27. The fourth-order valence-electron chi connectivity index (χ4n) is 3.45. The first-order valence-corrected chi connectivity index (χ1v) is 8.05. The number of hydrogen-bond donors (Lipinski definition) is 3. The summed E-state index contributed by atoms with van der Waals surface area (Å²) < 4.78 is 38.0. The van der Waals surface area contributed by atoms with Crippen LogP contribution in [0, 0.1) is 5.92 Å². The van der Waals surface area contributed by atoms with Gasteiger partial charge in [0.15, 0.2) is 0 Å². The van der Waals surface area contributed by atoms with Crippen molar-refractivity contribution in [1.82, 2.24) is 21.1 Å². The van der Waals surface area contributed by atoms with Gasteiger partial charge in [0, 0.05) is 44.7 Å². The van der Waals surface area contributed by atoms with Crippen LogP contribution < -0.4 is 16.2 Å². The van der Waals surface area contributed by atoms with Crippen molar-refractivity contribution in [2.75, 3.05) is 32.7 Å². The molecule has 128 valence electrons. The minimum Gasteiger partial charge on any atom is -0.312 e. The maximum Gasteiger partial charge on any atom is 0.416 e. The molecule has 1 aromatic rings. The summed E-state index contributed by atoms with van der Waals surface area (Å²) in [4.78, 5) is 2.43. The second-order valence-corrected chi connectivity index (χ2v) is 6.50. The van der Waals surface area contributed by atoms with Crippen molar-refractivity contribution in [3.63, 3.8) is 0 Å². The third-order valence-electron chi connectivity index (χ3n) is 4.64. The lowest BCUT2D eigenvalue weighted by Gasteiger charge is -2.34. The molecule has 23 heavy (non-hydrogen) atoms. The van der Waals surface area contributed by atoms with E-state index in [0.717, 1.165) is 38.3 Å². The molecule has 0 radical (unpaired) electrons. The summed E-state index contributed by atoms with van der Waals surface area (Å²) in [7, 11) is 0. The fourth-order valence-corrected chi connectivity index (χ4v) is 3.45. The molecule has 3 rings (SSSR count). The number of piperazine rings is 1. The monoisotopic (exact) mass is 328 g/mol. The first-order valence-electron chi connectivity index (χ1n) is 8.05. The zero-order valence-electron chi connectivity index (χ0n) is 13.2. The van der Waals surface area contributed by atoms with Crippen LogP contribution >= 0.6 is 0 Å². The van der Waals surface area contributed by atoms with Crippen molar-refractivity contribution < 1.29 is 13.2 Å². The Morgan fingerprint density at radius 2 is 1.96 bits per heavy atom. The Labute approximate surface area is 134 Å². The van der Waals surface area contributed by atoms with E-state index < -0.39 is 11.7 Å². The predicted molar refractivity (Wildman–Crippen MR) is 82.7 cm³/mol. The highest BCUT2D eigenvalue weighted by atomic mass is 19.4. The number of nitrogens with zero attached hydrogens (tertiary/aromatic N) is 1. The van der Waals surface area contributed by atoms with Gasteiger partial charge in [-0.25, -0.2) is 5.43 Å². The van der Waals surface area contributed by atoms with Gasteiger partial charge in [0.25, 0.3) is 0 Å². The molecule has 2 saturated heterocycles. The van der Waals surface area contributed by atoms with Gasteiger partial charge < -0.3 is 10.2 Å². The second kappa shape index (κ2) is 6.76. The van der Waals surface area contributed by atoms with Gasteiger partial charge in [-0.05, 0) is 24.6 Å². The molecule has 0 aliphatic carbocycles. The molecule has 4 nitrogen and oxygen atoms in total. The molecule has 0 spiro atoms. The molecule has 2 aliphatic rings. The minimum atomic E-state index is -4.28. The highest BCUT2D eigenvalue weighted by Gasteiger charge is 2.33. The number of rotatable bonds is 3. The smallest absolute Gasteiger partial charge is 0.312 e. The van der Waals surface area contributed by atoms with Crippen LogP contribution in [0.3, 0.4) is 0 Å². The number of hydrogen-bond acceptors (Lipinski definition) is 4. The van der Waals surface area contributed by atoms with Crippen molar-refractivity contribution in [3.8, 4) is 0 Å². The Morgan fingerprint density at radius 1 is 1.22 bits per heavy atom. The molecule has 3 atom stereocenters. The largest absolute Gasteiger partial charge is 0.416 e. The predicted octanol–water partition coefficient (Wildman–Crippen LogP) is 1.76. The molecule has 7 heteroatoms. The van der Waals surface area contributed by atoms with Crippen LogP contribution in [0.25, 0.3) is 0 Å². The number of hydrazine groups is 1. The standard InChI is InChI=1S/C16H23F3N4/c1-11-9-23(7-6-20-11)10-13-8-21-22-15(13)12-2-4-14(5-3-12)16(17,18)19/h2-5,11,13,15,20-22H,6-10H2,1H3/t11-,13?,15?/m0/s1. The van der Waals surface area contributed by atoms with Crippen LogP contribution in [0.4, 0.5) is 13.2 Å². The number of benzene rings is 1. The van der Waals surface area contributed by atoms with Gasteiger partial charge in [-0.15, -0.1) is 0 Å². The van der Waals surface area contributed by atoms with Gasteiger partial charge >= 0.3 is 6.18 Å². The molecule has 0 amide bonds. The summed E-state index contributed by atoms with van der Waals surface area (Å²) in [5.41, 5.74) is 6.66. The van der Waals surface area contributed by atoms with Crippen molar-refractivity contribution in [3.05, 3.63) is 35.4 Å². The van der Waals surface area contributed by atoms with E-state index in [1.165, 1.54) is 12.1 Å². The molecule has 0 saturated carbocycles. The zero-order chi connectivity index (χ0) is 16.4. The van der Waals surface area contributed by atoms with Crippen LogP contribution in [0.5, 0.6) is 0 Å². The van der Waals surface area contributed by atoms with Gasteiger partial charge in [0.05, 0.1) is 11.6 Å². The molecule has 1 aromatic carbocycles. The average Bonchev–Trinajstić information content (AvgIpc) is 2.94. The molecule has 2 unspecified atom stereocenters. The lowest BCUT2D eigenvalue weighted by atomic mass is 9.93. The van der Waals surface area contributed by atoms with E-state index in [1.54, 1.807) is 12.1 Å². The van der Waals surface area contributed by atoms with Gasteiger partial charge in [-0.3, -0.25) is 5.43 Å². The first-order chi connectivity index (χ1) is 10.9. The second-order valence-electron chi connectivity index (χ2n) is 6.50. The van der Waals surface area contributed by atoms with Crippen LogP contribution in [0.1, 0.15) is 24.1 Å². The third kappa shape index (κ3) is 4.03. The summed E-state index contributed by atoms with van der Waals surface area (Å²) in [5.74, 6) is 0.344. The summed E-state index contributed by atoms with van der Waals surface area (Å²) in [5, 5.41) is 3.42. The Kier molecular flexibility index (Phi) is 4.91. The van der Waals surface area contributed by atoms with Gasteiger partial charge in [0.1, 0.15) is 0 Å². The SMILES string of the molecule is C[C@H]1CN(CC2CNNC2c2ccc(C(F)(F)F)cc2)CCN1. The maximum atomic E-state index is 12.7. The summed E-state index contributed by atoms with van der Waals surface area (Å²) in [6.45, 7) is 6.95. The van der Waals surface area contributed by atoms with Crippen LogP contribution in [0.15, 0.2) is 24.3 Å². The molecule has 2 fully saturated rings. The molecular weight excluding hydrogens is 305 g/mol. The minimum absolute atomic E-state index is 0.0440. The van der Waals surface area contributed by atoms with Crippen molar-refractivity contribution in [1.29, 1.82) is 0 Å². The topological polar surface area (TPSA) is 39.3 Å². The Hall–Kier alpha value is -1.15. The maximum absolute atomic E-state index is 12.7. The molecule has 2 aliphatic heterocycles. The van der Waals surface area contributed by atoms with E-state index in [4.69, 9.17) is 0 Å². The fraction of sp³-hybridized carbons (Fsp3) is 0.625. The van der Waals surface area contributed by atoms with E-state index in [9.17, 15) is 13.2 Å². The molecule has 0 bridgehead atoms. The lowest BCUT2D eigenvalue weighted by Crippen LogP contribution is -2.50. The van der Waals surface area contributed by atoms with E-state index >= 15 is 0 Å². The summed E-state index contributed by atoms with van der Waals surface area (Å²) in [6, 6.07) is 6.03. The van der Waals surface area contributed by atoms with E-state index in [-0.39, 0.29) is 6.04 Å². The van der Waals surface area contributed by atoms with Crippen molar-refractivity contribution in [2.45, 2.75) is 25.2 Å². The number of halogens is 3. The molecule has 3 N–H and O–H groups in total. The molecular formula is C16H23F3N4. The Balaban J connectivity index is 1.66. The Bertz CT molecular complexity index is 517. The number of nitrogens with one attached hydrogen (secondary N) is 3. The van der Waals surface area contributed by atoms with E-state index in [2.05, 4.69) is 28.0 Å². The van der Waals surface area contributed by atoms with Gasteiger partial charge in [0.2, 0.25) is 0 Å². The van der Waals surface area contributed by atoms with Gasteiger partial charge in [-0.1, -0.05) is 12.1 Å². The number of alkyl halides is 3. The highest BCUT2D eigenvalue weighted by Crippen LogP contribution is 2.32. The summed E-state index contributed by atoms with van der Waals surface area (Å²) >= 11 is 0. The van der Waals surface area contributed by atoms with Gasteiger partial charge in [-0.2, -0.15) is 13.2 Å². The quantitative estimate of drug-likeness (QED) is 0.791. The van der Waals surface area contributed by atoms with E-state index in [0.29, 0.717) is 12.0 Å². The average molecular weight is 328 g/mol. The van der Waals surface area contributed by atoms with Crippen molar-refractivity contribution in [2.24, 2.45) is 5.92 Å².